The summed E-state index contributed by atoms with van der Waals surface area (Å²) in [5.41, 5.74) is -1.85. The molecule has 5 heteroatoms. The fraction of sp³-hybridized carbons (Fsp3) is 0.600. The van der Waals surface area contributed by atoms with Gasteiger partial charge in [-0.25, -0.2) is 0 Å². The van der Waals surface area contributed by atoms with Crippen molar-refractivity contribution in [2.24, 2.45) is 0 Å². The summed E-state index contributed by atoms with van der Waals surface area (Å²) in [5.74, 6) is 0. The van der Waals surface area contributed by atoms with E-state index in [4.69, 9.17) is 11.6 Å². The van der Waals surface area contributed by atoms with E-state index in [1.165, 1.54) is 6.92 Å². The Morgan fingerprint density at radius 1 is 1.60 bits per heavy atom. The third-order valence-corrected chi connectivity index (χ3v) is 1.02. The first kappa shape index (κ1) is 9.62. The van der Waals surface area contributed by atoms with Crippen LogP contribution >= 0.6 is 11.6 Å². The van der Waals surface area contributed by atoms with Gasteiger partial charge in [0.15, 0.2) is 5.50 Å². The van der Waals surface area contributed by atoms with Gasteiger partial charge < -0.3 is 5.32 Å². The van der Waals surface area contributed by atoms with Crippen LogP contribution < -0.4 is 5.32 Å². The van der Waals surface area contributed by atoms with Crippen molar-refractivity contribution < 1.29 is 13.2 Å². The van der Waals surface area contributed by atoms with Gasteiger partial charge in [0.25, 0.3) is 0 Å². The molecule has 1 N–H and O–H groups in total. The van der Waals surface area contributed by atoms with E-state index in [1.807, 2.05) is 5.32 Å². The lowest BCUT2D eigenvalue weighted by Gasteiger charge is -2.15. The van der Waals surface area contributed by atoms with Gasteiger partial charge in [-0.05, 0) is 6.92 Å². The van der Waals surface area contributed by atoms with Crippen molar-refractivity contribution >= 4 is 11.6 Å². The zero-order valence-electron chi connectivity index (χ0n) is 5.30. The highest BCUT2D eigenvalue weighted by molar-refractivity contribution is 6.20. The molecule has 0 spiro atoms. The first-order valence-corrected chi connectivity index (χ1v) is 2.90. The average molecular weight is 174 g/mol. The number of allylic oxidation sites excluding steroid dienone is 1. The molecule has 1 atom stereocenters. The zero-order chi connectivity index (χ0) is 8.36. The minimum Gasteiger partial charge on any atom is -0.366 e. The van der Waals surface area contributed by atoms with Crippen molar-refractivity contribution in [3.63, 3.8) is 0 Å². The Bertz CT molecular complexity index is 131. The molecule has 0 aliphatic carbocycles. The van der Waals surface area contributed by atoms with E-state index in [-0.39, 0.29) is 5.70 Å². The molecule has 0 bridgehead atoms. The quantitative estimate of drug-likeness (QED) is 0.499. The van der Waals surface area contributed by atoms with E-state index in [0.717, 1.165) is 0 Å². The molecule has 0 rings (SSSR count). The van der Waals surface area contributed by atoms with Gasteiger partial charge in [0.2, 0.25) is 0 Å². The Kier molecular flexibility index (Phi) is 3.02. The number of hydrogen-bond acceptors (Lipinski definition) is 1. The molecular formula is C5H7ClF3N. The van der Waals surface area contributed by atoms with Gasteiger partial charge >= 0.3 is 6.18 Å². The second-order valence-corrected chi connectivity index (χ2v) is 2.27. The molecule has 0 amide bonds. The molecular weight excluding hydrogens is 167 g/mol. The van der Waals surface area contributed by atoms with Gasteiger partial charge in [0.1, 0.15) is 0 Å². The molecule has 0 radical (unpaired) electrons. The number of rotatable bonds is 2. The molecule has 0 aromatic rings. The highest BCUT2D eigenvalue weighted by Gasteiger charge is 2.37. The standard InChI is InChI=1S/C5H7ClF3N/c1-3(2)10-4(6)5(7,8)9/h4,10H,1H2,2H3. The fourth-order valence-electron chi connectivity index (χ4n) is 0.298. The van der Waals surface area contributed by atoms with E-state index < -0.39 is 11.7 Å². The van der Waals surface area contributed by atoms with Crippen molar-refractivity contribution in [2.45, 2.75) is 18.6 Å². The maximum absolute atomic E-state index is 11.6. The monoisotopic (exact) mass is 173 g/mol. The number of alkyl halides is 4. The highest BCUT2D eigenvalue weighted by Crippen LogP contribution is 2.23. The Labute approximate surface area is 61.9 Å². The van der Waals surface area contributed by atoms with Crippen molar-refractivity contribution in [3.05, 3.63) is 12.3 Å². The molecule has 0 aliphatic heterocycles. The smallest absolute Gasteiger partial charge is 0.366 e. The summed E-state index contributed by atoms with van der Waals surface area (Å²) in [6, 6.07) is 0. The Morgan fingerprint density at radius 3 is 2.10 bits per heavy atom. The molecule has 1 nitrogen and oxygen atoms in total. The molecule has 10 heavy (non-hydrogen) atoms. The summed E-state index contributed by atoms with van der Waals surface area (Å²) in [7, 11) is 0. The van der Waals surface area contributed by atoms with Crippen LogP contribution in [0.2, 0.25) is 0 Å². The van der Waals surface area contributed by atoms with Gasteiger partial charge in [-0.3, -0.25) is 0 Å². The molecule has 0 saturated carbocycles. The predicted octanol–water partition coefficient (Wildman–Crippen LogP) is 2.24. The summed E-state index contributed by atoms with van der Waals surface area (Å²) in [5, 5.41) is 1.93. The van der Waals surface area contributed by atoms with Gasteiger partial charge in [-0.1, -0.05) is 18.2 Å². The first-order chi connectivity index (χ1) is 4.34. The molecule has 0 aliphatic rings. The average Bonchev–Trinajstić information content (AvgIpc) is 1.60. The minimum absolute atomic E-state index is 0.192. The van der Waals surface area contributed by atoms with Crippen LogP contribution in [0, 0.1) is 0 Å². The maximum atomic E-state index is 11.6. The van der Waals surface area contributed by atoms with E-state index >= 15 is 0 Å². The lowest BCUT2D eigenvalue weighted by atomic mass is 10.5. The second kappa shape index (κ2) is 3.14. The van der Waals surface area contributed by atoms with Gasteiger partial charge in [-0.15, -0.1) is 0 Å². The summed E-state index contributed by atoms with van der Waals surface area (Å²) >= 11 is 4.85. The maximum Gasteiger partial charge on any atom is 0.422 e. The number of hydrogen-bond donors (Lipinski definition) is 1. The largest absolute Gasteiger partial charge is 0.422 e. The summed E-state index contributed by atoms with van der Waals surface area (Å²) < 4.78 is 34.7. The fourth-order valence-corrected chi connectivity index (χ4v) is 0.484. The lowest BCUT2D eigenvalue weighted by molar-refractivity contribution is -0.134. The summed E-state index contributed by atoms with van der Waals surface area (Å²) in [6.45, 7) is 4.62. The Morgan fingerprint density at radius 2 is 2.00 bits per heavy atom. The topological polar surface area (TPSA) is 12.0 Å². The third kappa shape index (κ3) is 3.61. The third-order valence-electron chi connectivity index (χ3n) is 0.661. The SMILES string of the molecule is C=C(C)NC(Cl)C(F)(F)F. The normalized spacial score (nSPS) is 14.5. The highest BCUT2D eigenvalue weighted by atomic mass is 35.5. The molecule has 1 unspecified atom stereocenters. The molecule has 0 heterocycles. The van der Waals surface area contributed by atoms with Crippen LogP contribution in [-0.4, -0.2) is 11.7 Å². The van der Waals surface area contributed by atoms with Crippen LogP contribution in [0.4, 0.5) is 13.2 Å². The van der Waals surface area contributed by atoms with Crippen LogP contribution in [0.25, 0.3) is 0 Å². The van der Waals surface area contributed by atoms with Crippen LogP contribution in [0.3, 0.4) is 0 Å². The Balaban J connectivity index is 3.85. The van der Waals surface area contributed by atoms with E-state index in [9.17, 15) is 13.2 Å². The number of halogens is 4. The van der Waals surface area contributed by atoms with E-state index in [1.54, 1.807) is 0 Å². The van der Waals surface area contributed by atoms with E-state index in [2.05, 4.69) is 6.58 Å². The Hall–Kier alpha value is -0.380. The molecule has 0 fully saturated rings. The molecule has 0 saturated heterocycles. The molecule has 60 valence electrons. The van der Waals surface area contributed by atoms with Crippen LogP contribution in [0.1, 0.15) is 6.92 Å². The van der Waals surface area contributed by atoms with Crippen molar-refractivity contribution in [2.75, 3.05) is 0 Å². The lowest BCUT2D eigenvalue weighted by Crippen LogP contribution is -2.36. The van der Waals surface area contributed by atoms with Gasteiger partial charge in [0.05, 0.1) is 0 Å². The summed E-state index contributed by atoms with van der Waals surface area (Å²) in [4.78, 5) is 0. The number of nitrogens with one attached hydrogen (secondary N) is 1. The van der Waals surface area contributed by atoms with Crippen LogP contribution in [0.5, 0.6) is 0 Å². The van der Waals surface area contributed by atoms with Gasteiger partial charge in [-0.2, -0.15) is 13.2 Å². The van der Waals surface area contributed by atoms with Crippen LogP contribution in [0.15, 0.2) is 12.3 Å². The first-order valence-electron chi connectivity index (χ1n) is 2.47. The van der Waals surface area contributed by atoms with Crippen molar-refractivity contribution in [1.29, 1.82) is 0 Å². The molecule has 0 aromatic carbocycles. The zero-order valence-corrected chi connectivity index (χ0v) is 6.05. The van der Waals surface area contributed by atoms with Crippen molar-refractivity contribution in [1.82, 2.24) is 5.32 Å². The molecule has 0 aromatic heterocycles. The van der Waals surface area contributed by atoms with Gasteiger partial charge in [0, 0.05) is 5.70 Å². The van der Waals surface area contributed by atoms with Crippen molar-refractivity contribution in [3.8, 4) is 0 Å². The summed E-state index contributed by atoms with van der Waals surface area (Å²) in [6.07, 6.45) is -4.42. The minimum atomic E-state index is -4.42. The second-order valence-electron chi connectivity index (χ2n) is 1.83. The predicted molar refractivity (Wildman–Crippen MR) is 33.6 cm³/mol. The van der Waals surface area contributed by atoms with Crippen LogP contribution in [-0.2, 0) is 0 Å². The van der Waals surface area contributed by atoms with E-state index in [0.29, 0.717) is 0 Å².